The molecule has 0 fully saturated rings. The zero-order valence-electron chi connectivity index (χ0n) is 16.2. The summed E-state index contributed by atoms with van der Waals surface area (Å²) in [7, 11) is 0. The van der Waals surface area contributed by atoms with Crippen LogP contribution in [0.2, 0.25) is 5.02 Å². The first kappa shape index (κ1) is 21.1. The van der Waals surface area contributed by atoms with Gasteiger partial charge in [0.25, 0.3) is 5.91 Å². The van der Waals surface area contributed by atoms with E-state index in [0.29, 0.717) is 27.8 Å². The van der Waals surface area contributed by atoms with E-state index in [0.717, 1.165) is 0 Å². The predicted molar refractivity (Wildman–Crippen MR) is 111 cm³/mol. The molecule has 0 saturated carbocycles. The Hall–Kier alpha value is -3.58. The third-order valence-corrected chi connectivity index (χ3v) is 4.39. The molecule has 1 amide bonds. The second-order valence-electron chi connectivity index (χ2n) is 6.36. The zero-order chi connectivity index (χ0) is 21.7. The number of hydrogen-bond donors (Lipinski definition) is 1. The van der Waals surface area contributed by atoms with Crippen LogP contribution in [0.15, 0.2) is 63.8 Å². The van der Waals surface area contributed by atoms with Crippen molar-refractivity contribution in [2.75, 3.05) is 11.9 Å². The van der Waals surface area contributed by atoms with Crippen molar-refractivity contribution in [2.45, 2.75) is 13.8 Å². The molecule has 0 spiro atoms. The van der Waals surface area contributed by atoms with E-state index in [1.807, 2.05) is 6.07 Å². The number of para-hydroxylation sites is 1. The third kappa shape index (κ3) is 5.27. The summed E-state index contributed by atoms with van der Waals surface area (Å²) in [5.74, 6) is -0.0584. The molecular formula is C22H18ClNO6. The Bertz CT molecular complexity index is 1110. The van der Waals surface area contributed by atoms with Gasteiger partial charge in [-0.15, -0.1) is 0 Å². The van der Waals surface area contributed by atoms with Crippen LogP contribution in [0.3, 0.4) is 0 Å². The molecular weight excluding hydrogens is 410 g/mol. The second-order valence-corrected chi connectivity index (χ2v) is 6.77. The maximum Gasteiger partial charge on any atom is 0.342 e. The molecule has 2 aromatic carbocycles. The van der Waals surface area contributed by atoms with Crippen LogP contribution in [0, 0.1) is 13.8 Å². The topological polar surface area (TPSA) is 94.8 Å². The summed E-state index contributed by atoms with van der Waals surface area (Å²) in [6.45, 7) is 2.58. The maximum absolute atomic E-state index is 12.2. The molecule has 1 aromatic heterocycles. The van der Waals surface area contributed by atoms with Crippen LogP contribution in [0.4, 0.5) is 5.69 Å². The Morgan fingerprint density at radius 2 is 1.77 bits per heavy atom. The van der Waals surface area contributed by atoms with Gasteiger partial charge in [0.05, 0.1) is 5.02 Å². The minimum atomic E-state index is -0.743. The van der Waals surface area contributed by atoms with E-state index in [9.17, 15) is 14.4 Å². The molecule has 0 bridgehead atoms. The monoisotopic (exact) mass is 427 g/mol. The van der Waals surface area contributed by atoms with E-state index in [1.165, 1.54) is 13.0 Å². The fraction of sp³-hybridized carbons (Fsp3) is 0.136. The lowest BCUT2D eigenvalue weighted by atomic mass is 10.1. The summed E-state index contributed by atoms with van der Waals surface area (Å²) in [5, 5.41) is 3.10. The first-order valence-corrected chi connectivity index (χ1v) is 9.32. The summed E-state index contributed by atoms with van der Waals surface area (Å²) >= 11 is 6.06. The quantitative estimate of drug-likeness (QED) is 0.582. The highest BCUT2D eigenvalue weighted by Crippen LogP contribution is 2.29. The number of carbonyl (C=O) groups excluding carboxylic acids is 2. The number of benzene rings is 2. The third-order valence-electron chi connectivity index (χ3n) is 4.08. The number of carbonyl (C=O) groups is 2. The molecule has 1 heterocycles. The summed E-state index contributed by atoms with van der Waals surface area (Å²) in [4.78, 5) is 35.6. The highest BCUT2D eigenvalue weighted by atomic mass is 35.5. The minimum absolute atomic E-state index is 0.128. The maximum atomic E-state index is 12.2. The molecule has 0 unspecified atom stereocenters. The van der Waals surface area contributed by atoms with Crippen molar-refractivity contribution >= 4 is 29.2 Å². The van der Waals surface area contributed by atoms with Crippen molar-refractivity contribution < 1.29 is 23.5 Å². The number of anilines is 1. The van der Waals surface area contributed by atoms with Gasteiger partial charge < -0.3 is 19.2 Å². The van der Waals surface area contributed by atoms with Crippen molar-refractivity contribution in [3.63, 3.8) is 0 Å². The van der Waals surface area contributed by atoms with Crippen LogP contribution in [0.1, 0.15) is 21.7 Å². The lowest BCUT2D eigenvalue weighted by Gasteiger charge is -2.10. The van der Waals surface area contributed by atoms with Gasteiger partial charge in [0.1, 0.15) is 22.8 Å². The number of nitrogens with one attached hydrogen (secondary N) is 1. The summed E-state index contributed by atoms with van der Waals surface area (Å²) in [5.41, 5.74) is 0.494. The van der Waals surface area contributed by atoms with Crippen LogP contribution < -0.4 is 15.7 Å². The average Bonchev–Trinajstić information content (AvgIpc) is 2.69. The predicted octanol–water partition coefficient (Wildman–Crippen LogP) is 4.50. The van der Waals surface area contributed by atoms with Gasteiger partial charge in [0.15, 0.2) is 6.61 Å². The molecule has 8 heteroatoms. The van der Waals surface area contributed by atoms with Crippen LogP contribution in [-0.4, -0.2) is 18.5 Å². The second kappa shape index (κ2) is 9.28. The van der Waals surface area contributed by atoms with Crippen molar-refractivity contribution in [2.24, 2.45) is 0 Å². The molecule has 3 rings (SSSR count). The van der Waals surface area contributed by atoms with E-state index in [2.05, 4.69) is 5.32 Å². The van der Waals surface area contributed by atoms with Crippen LogP contribution in [0.5, 0.6) is 11.5 Å². The van der Waals surface area contributed by atoms with Crippen molar-refractivity contribution in [1.29, 1.82) is 0 Å². The van der Waals surface area contributed by atoms with E-state index in [4.69, 9.17) is 25.5 Å². The smallest absolute Gasteiger partial charge is 0.342 e. The first-order valence-electron chi connectivity index (χ1n) is 8.94. The van der Waals surface area contributed by atoms with Gasteiger partial charge in [-0.25, -0.2) is 9.59 Å². The fourth-order valence-electron chi connectivity index (χ4n) is 2.72. The summed E-state index contributed by atoms with van der Waals surface area (Å²) < 4.78 is 15.6. The molecule has 0 radical (unpaired) electrons. The Morgan fingerprint density at radius 1 is 1.07 bits per heavy atom. The van der Waals surface area contributed by atoms with Crippen LogP contribution in [-0.2, 0) is 9.53 Å². The Labute approximate surface area is 177 Å². The van der Waals surface area contributed by atoms with Gasteiger partial charge in [-0.2, -0.15) is 0 Å². The molecule has 0 aliphatic carbocycles. The van der Waals surface area contributed by atoms with E-state index < -0.39 is 24.1 Å². The van der Waals surface area contributed by atoms with Gasteiger partial charge in [-0.3, -0.25) is 4.79 Å². The van der Waals surface area contributed by atoms with Gasteiger partial charge >= 0.3 is 11.6 Å². The molecule has 3 aromatic rings. The Kier molecular flexibility index (Phi) is 6.54. The average molecular weight is 428 g/mol. The molecule has 30 heavy (non-hydrogen) atoms. The lowest BCUT2D eigenvalue weighted by Crippen LogP contribution is -2.22. The van der Waals surface area contributed by atoms with Crippen molar-refractivity contribution in [3.8, 4) is 11.5 Å². The molecule has 0 atom stereocenters. The lowest BCUT2D eigenvalue weighted by molar-refractivity contribution is -0.119. The molecule has 0 aliphatic rings. The van der Waals surface area contributed by atoms with Crippen molar-refractivity contribution in [1.82, 2.24) is 0 Å². The highest BCUT2D eigenvalue weighted by molar-refractivity contribution is 6.32. The van der Waals surface area contributed by atoms with E-state index in [1.54, 1.807) is 49.4 Å². The largest absolute Gasteiger partial charge is 0.456 e. The number of hydrogen-bond acceptors (Lipinski definition) is 6. The number of rotatable bonds is 6. The van der Waals surface area contributed by atoms with E-state index in [-0.39, 0.29) is 11.3 Å². The SMILES string of the molecule is Cc1cc(=O)oc(C)c1C(=O)OCC(=O)Nc1ccc(Oc2ccccc2Cl)cc1. The molecule has 0 aliphatic heterocycles. The van der Waals surface area contributed by atoms with Gasteiger partial charge in [-0.05, 0) is 55.8 Å². The van der Waals surface area contributed by atoms with E-state index >= 15 is 0 Å². The number of esters is 1. The van der Waals surface area contributed by atoms with Crippen LogP contribution in [0.25, 0.3) is 0 Å². The number of amides is 1. The molecule has 7 nitrogen and oxygen atoms in total. The minimum Gasteiger partial charge on any atom is -0.456 e. The Balaban J connectivity index is 1.56. The number of aryl methyl sites for hydroxylation is 2. The van der Waals surface area contributed by atoms with Crippen molar-refractivity contribution in [3.05, 3.63) is 86.9 Å². The van der Waals surface area contributed by atoms with Gasteiger partial charge in [-0.1, -0.05) is 23.7 Å². The summed E-state index contributed by atoms with van der Waals surface area (Å²) in [6, 6.07) is 14.9. The number of halogens is 1. The fourth-order valence-corrected chi connectivity index (χ4v) is 2.90. The zero-order valence-corrected chi connectivity index (χ0v) is 17.0. The summed E-state index contributed by atoms with van der Waals surface area (Å²) in [6.07, 6.45) is 0. The van der Waals surface area contributed by atoms with Gasteiger partial charge in [0, 0.05) is 11.8 Å². The normalized spacial score (nSPS) is 10.4. The Morgan fingerprint density at radius 3 is 2.43 bits per heavy atom. The number of ether oxygens (including phenoxy) is 2. The highest BCUT2D eigenvalue weighted by Gasteiger charge is 2.18. The standard InChI is InChI=1S/C22H18ClNO6/c1-13-11-20(26)29-14(2)21(13)22(27)28-12-19(25)24-15-7-9-16(10-8-15)30-18-6-4-3-5-17(18)23/h3-11H,12H2,1-2H3,(H,24,25). The molecule has 0 saturated heterocycles. The first-order chi connectivity index (χ1) is 14.3. The van der Waals surface area contributed by atoms with Crippen LogP contribution >= 0.6 is 11.6 Å². The van der Waals surface area contributed by atoms with Gasteiger partial charge in [0.2, 0.25) is 0 Å². The molecule has 1 N–H and O–H groups in total. The molecule has 154 valence electrons.